The largest absolute Gasteiger partial charge is 0.507 e. The predicted molar refractivity (Wildman–Crippen MR) is 121 cm³/mol. The standard InChI is InChI=1S/C25H28FN5O/c1-16-10-24(2)12-17(22(26)25(3,11-16)14-24)8-18-13-28-23(30-29-18)20-5-4-19(9-21(20)32)31-7-6-27-15-31/h4-9,13,15-16,22,32H,10-12,14H2,1-3H3/b17-8-/t16-,22-,24+,25+/m1/s1. The number of rotatable bonds is 3. The van der Waals surface area contributed by atoms with Crippen LogP contribution in [0.15, 0.2) is 48.7 Å². The molecule has 0 unspecified atom stereocenters. The van der Waals surface area contributed by atoms with Gasteiger partial charge >= 0.3 is 0 Å². The summed E-state index contributed by atoms with van der Waals surface area (Å²) in [6, 6.07) is 5.24. The average molecular weight is 434 g/mol. The highest BCUT2D eigenvalue weighted by molar-refractivity contribution is 5.66. The van der Waals surface area contributed by atoms with E-state index in [0.29, 0.717) is 23.0 Å². The number of phenols is 1. The van der Waals surface area contributed by atoms with E-state index in [2.05, 4.69) is 40.9 Å². The van der Waals surface area contributed by atoms with E-state index in [-0.39, 0.29) is 16.6 Å². The molecule has 0 spiro atoms. The highest BCUT2D eigenvalue weighted by Crippen LogP contribution is 2.59. The molecule has 2 heterocycles. The minimum absolute atomic E-state index is 0.0583. The lowest BCUT2D eigenvalue weighted by Gasteiger charge is -2.54. The molecular weight excluding hydrogens is 405 g/mol. The molecule has 5 rings (SSSR count). The molecule has 32 heavy (non-hydrogen) atoms. The molecule has 0 saturated heterocycles. The lowest BCUT2D eigenvalue weighted by Crippen LogP contribution is -2.47. The van der Waals surface area contributed by atoms with Gasteiger partial charge in [-0.15, -0.1) is 10.2 Å². The molecule has 166 valence electrons. The average Bonchev–Trinajstić information content (AvgIpc) is 3.26. The van der Waals surface area contributed by atoms with Crippen LogP contribution in [0.4, 0.5) is 4.39 Å². The van der Waals surface area contributed by atoms with Gasteiger partial charge < -0.3 is 9.67 Å². The summed E-state index contributed by atoms with van der Waals surface area (Å²) >= 11 is 0. The number of benzene rings is 1. The molecule has 2 bridgehead atoms. The van der Waals surface area contributed by atoms with Gasteiger partial charge in [0.05, 0.1) is 23.8 Å². The fourth-order valence-electron chi connectivity index (χ4n) is 6.26. The quantitative estimate of drug-likeness (QED) is 0.599. The van der Waals surface area contributed by atoms with Gasteiger partial charge in [0.1, 0.15) is 17.6 Å². The summed E-state index contributed by atoms with van der Waals surface area (Å²) in [7, 11) is 0. The lowest BCUT2D eigenvalue weighted by molar-refractivity contribution is -0.0293. The zero-order valence-corrected chi connectivity index (χ0v) is 18.7. The number of fused-ring (bicyclic) bond motifs is 2. The van der Waals surface area contributed by atoms with Crippen LogP contribution in [0.2, 0.25) is 0 Å². The molecule has 1 aromatic carbocycles. The molecule has 0 radical (unpaired) electrons. The first kappa shape index (κ1) is 20.8. The predicted octanol–water partition coefficient (Wildman–Crippen LogP) is 5.39. The van der Waals surface area contributed by atoms with Gasteiger partial charge in [-0.2, -0.15) is 0 Å². The van der Waals surface area contributed by atoms with Crippen LogP contribution in [-0.2, 0) is 0 Å². The first-order valence-electron chi connectivity index (χ1n) is 11.1. The number of nitrogens with zero attached hydrogens (tertiary/aromatic N) is 5. The van der Waals surface area contributed by atoms with Gasteiger partial charge in [-0.1, -0.05) is 20.8 Å². The third-order valence-electron chi connectivity index (χ3n) is 6.99. The summed E-state index contributed by atoms with van der Waals surface area (Å²) in [6.45, 7) is 6.61. The van der Waals surface area contributed by atoms with Crippen molar-refractivity contribution in [3.05, 3.63) is 54.4 Å². The zero-order chi connectivity index (χ0) is 22.5. The van der Waals surface area contributed by atoms with Crippen molar-refractivity contribution in [2.75, 3.05) is 0 Å². The van der Waals surface area contributed by atoms with Gasteiger partial charge in [-0.25, -0.2) is 14.4 Å². The Hall–Kier alpha value is -3.09. The Morgan fingerprint density at radius 1 is 1.22 bits per heavy atom. The third-order valence-corrected chi connectivity index (χ3v) is 6.99. The van der Waals surface area contributed by atoms with Crippen molar-refractivity contribution in [2.45, 2.75) is 52.6 Å². The molecule has 2 aliphatic carbocycles. The van der Waals surface area contributed by atoms with E-state index in [1.165, 1.54) is 0 Å². The Balaban J connectivity index is 1.40. The number of alkyl halides is 1. The SMILES string of the molecule is C[C@@H]1C[C@@]2(C)C/C(=C/c3cnc(-c4ccc(-n5ccnc5)cc4O)nn3)[C@@H](F)[C@@](C)(C1)C2. The van der Waals surface area contributed by atoms with Crippen molar-refractivity contribution in [3.63, 3.8) is 0 Å². The summed E-state index contributed by atoms with van der Waals surface area (Å²) in [5, 5.41) is 18.9. The lowest BCUT2D eigenvalue weighted by atomic mass is 9.52. The Bertz CT molecular complexity index is 1160. The summed E-state index contributed by atoms with van der Waals surface area (Å²) in [6.07, 6.45) is 11.3. The number of halogens is 1. The normalized spacial score (nSPS) is 31.1. The second-order valence-electron chi connectivity index (χ2n) is 10.3. The molecule has 7 heteroatoms. The second-order valence-corrected chi connectivity index (χ2v) is 10.3. The van der Waals surface area contributed by atoms with Crippen LogP contribution in [0.1, 0.15) is 52.1 Å². The first-order valence-corrected chi connectivity index (χ1v) is 11.1. The monoisotopic (exact) mass is 433 g/mol. The Labute approximate surface area is 187 Å². The van der Waals surface area contributed by atoms with Crippen molar-refractivity contribution < 1.29 is 9.50 Å². The number of imidazole rings is 1. The number of hydrogen-bond donors (Lipinski definition) is 1. The van der Waals surface area contributed by atoms with Crippen molar-refractivity contribution in [3.8, 4) is 22.8 Å². The topological polar surface area (TPSA) is 76.7 Å². The summed E-state index contributed by atoms with van der Waals surface area (Å²) in [4.78, 5) is 8.41. The Morgan fingerprint density at radius 3 is 2.75 bits per heavy atom. The van der Waals surface area contributed by atoms with E-state index in [4.69, 9.17) is 0 Å². The number of aromatic hydroxyl groups is 1. The minimum Gasteiger partial charge on any atom is -0.507 e. The number of hydrogen-bond acceptors (Lipinski definition) is 5. The van der Waals surface area contributed by atoms with E-state index in [9.17, 15) is 5.11 Å². The van der Waals surface area contributed by atoms with E-state index < -0.39 is 6.17 Å². The molecule has 6 nitrogen and oxygen atoms in total. The van der Waals surface area contributed by atoms with E-state index in [0.717, 1.165) is 36.9 Å². The van der Waals surface area contributed by atoms with Crippen molar-refractivity contribution in [1.29, 1.82) is 0 Å². The Morgan fingerprint density at radius 2 is 2.06 bits per heavy atom. The molecule has 2 fully saturated rings. The zero-order valence-electron chi connectivity index (χ0n) is 18.7. The second kappa shape index (κ2) is 7.50. The molecular formula is C25H28FN5O. The van der Waals surface area contributed by atoms with Crippen LogP contribution in [0, 0.1) is 16.7 Å². The molecule has 2 aliphatic rings. The van der Waals surface area contributed by atoms with Crippen molar-refractivity contribution in [1.82, 2.24) is 24.7 Å². The van der Waals surface area contributed by atoms with E-state index >= 15 is 4.39 Å². The van der Waals surface area contributed by atoms with Crippen molar-refractivity contribution >= 4 is 6.08 Å². The molecule has 2 aromatic heterocycles. The summed E-state index contributed by atoms with van der Waals surface area (Å²) < 4.78 is 17.3. The molecule has 4 atom stereocenters. The number of phenolic OH excluding ortho intramolecular Hbond substituents is 1. The number of allylic oxidation sites excluding steroid dienone is 1. The first-order chi connectivity index (χ1) is 15.2. The van der Waals surface area contributed by atoms with Gasteiger partial charge in [0.25, 0.3) is 0 Å². The molecule has 2 saturated carbocycles. The van der Waals surface area contributed by atoms with E-state index in [1.807, 2.05) is 12.1 Å². The maximum absolute atomic E-state index is 15.5. The van der Waals surface area contributed by atoms with Crippen LogP contribution in [0.5, 0.6) is 5.75 Å². The molecule has 0 amide bonds. The van der Waals surface area contributed by atoms with Gasteiger partial charge in [-0.05, 0) is 60.8 Å². The van der Waals surface area contributed by atoms with Gasteiger partial charge in [0.2, 0.25) is 0 Å². The van der Waals surface area contributed by atoms with E-state index in [1.54, 1.807) is 41.6 Å². The van der Waals surface area contributed by atoms with Crippen LogP contribution in [0.25, 0.3) is 23.2 Å². The molecule has 3 aromatic rings. The number of aromatic nitrogens is 5. The van der Waals surface area contributed by atoms with Crippen LogP contribution in [0.3, 0.4) is 0 Å². The maximum atomic E-state index is 15.5. The molecule has 0 aliphatic heterocycles. The maximum Gasteiger partial charge on any atom is 0.185 e. The van der Waals surface area contributed by atoms with Gasteiger partial charge in [-0.3, -0.25) is 0 Å². The fraction of sp³-hybridized carbons (Fsp3) is 0.440. The highest BCUT2D eigenvalue weighted by atomic mass is 19.1. The highest BCUT2D eigenvalue weighted by Gasteiger charge is 2.52. The van der Waals surface area contributed by atoms with Crippen LogP contribution < -0.4 is 0 Å². The minimum atomic E-state index is -0.973. The Kier molecular flexibility index (Phi) is 4.87. The summed E-state index contributed by atoms with van der Waals surface area (Å²) in [5.74, 6) is 0.932. The molecule has 1 N–H and O–H groups in total. The third kappa shape index (κ3) is 3.70. The van der Waals surface area contributed by atoms with Gasteiger partial charge in [0.15, 0.2) is 5.82 Å². The van der Waals surface area contributed by atoms with Crippen molar-refractivity contribution in [2.24, 2.45) is 16.7 Å². The van der Waals surface area contributed by atoms with Gasteiger partial charge in [0, 0.05) is 23.9 Å². The van der Waals surface area contributed by atoms with Crippen LogP contribution >= 0.6 is 0 Å². The summed E-state index contributed by atoms with van der Waals surface area (Å²) in [5.41, 5.74) is 2.42. The van der Waals surface area contributed by atoms with Crippen LogP contribution in [-0.4, -0.2) is 36.0 Å². The fourth-order valence-corrected chi connectivity index (χ4v) is 6.26. The smallest absolute Gasteiger partial charge is 0.185 e.